The van der Waals surface area contributed by atoms with Gasteiger partial charge < -0.3 is 16.2 Å². The molecule has 0 saturated heterocycles. The first-order valence-electron chi connectivity index (χ1n) is 3.91. The first kappa shape index (κ1) is 9.38. The number of anilines is 2. The van der Waals surface area contributed by atoms with E-state index in [1.165, 1.54) is 0 Å². The Morgan fingerprint density at radius 3 is 2.77 bits per heavy atom. The zero-order valence-electron chi connectivity index (χ0n) is 7.37. The standard InChI is InChI=1S/C9H12N2O2/c1-11-8-3-2-6(4-7(8)10)5-9(12)13/h2-4,11H,5,10H2,1H3,(H,12,13). The molecular formula is C9H12N2O2. The summed E-state index contributed by atoms with van der Waals surface area (Å²) in [6.45, 7) is 0. The van der Waals surface area contributed by atoms with E-state index in [0.29, 0.717) is 11.3 Å². The number of carbonyl (C=O) groups is 1. The van der Waals surface area contributed by atoms with Crippen LogP contribution in [0, 0.1) is 0 Å². The van der Waals surface area contributed by atoms with Gasteiger partial charge in [-0.05, 0) is 17.7 Å². The van der Waals surface area contributed by atoms with Crippen molar-refractivity contribution >= 4 is 17.3 Å². The Kier molecular flexibility index (Phi) is 2.74. The summed E-state index contributed by atoms with van der Waals surface area (Å²) in [5, 5.41) is 11.4. The lowest BCUT2D eigenvalue weighted by Gasteiger charge is -2.05. The number of carboxylic acid groups (broad SMARTS) is 1. The number of nitrogens with one attached hydrogen (secondary N) is 1. The number of benzene rings is 1. The lowest BCUT2D eigenvalue weighted by molar-refractivity contribution is -0.136. The van der Waals surface area contributed by atoms with E-state index < -0.39 is 5.97 Å². The van der Waals surface area contributed by atoms with Gasteiger partial charge in [0.1, 0.15) is 0 Å². The van der Waals surface area contributed by atoms with Gasteiger partial charge in [-0.15, -0.1) is 0 Å². The molecule has 0 bridgehead atoms. The molecule has 0 radical (unpaired) electrons. The number of hydrogen-bond donors (Lipinski definition) is 3. The Hall–Kier alpha value is -1.71. The summed E-state index contributed by atoms with van der Waals surface area (Å²) >= 11 is 0. The fraction of sp³-hybridized carbons (Fsp3) is 0.222. The van der Waals surface area contributed by atoms with Crippen LogP contribution in [0.1, 0.15) is 5.56 Å². The van der Waals surface area contributed by atoms with Crippen LogP contribution < -0.4 is 11.1 Å². The summed E-state index contributed by atoms with van der Waals surface area (Å²) < 4.78 is 0. The van der Waals surface area contributed by atoms with E-state index in [2.05, 4.69) is 5.32 Å². The summed E-state index contributed by atoms with van der Waals surface area (Å²) in [4.78, 5) is 10.4. The molecule has 0 fully saturated rings. The average Bonchev–Trinajstić information content (AvgIpc) is 2.03. The normalized spacial score (nSPS) is 9.62. The van der Waals surface area contributed by atoms with Gasteiger partial charge in [-0.2, -0.15) is 0 Å². The number of hydrogen-bond acceptors (Lipinski definition) is 3. The maximum atomic E-state index is 10.4. The third kappa shape index (κ3) is 2.37. The number of aliphatic carboxylic acids is 1. The van der Waals surface area contributed by atoms with Crippen molar-refractivity contribution in [3.05, 3.63) is 23.8 Å². The van der Waals surface area contributed by atoms with Crippen molar-refractivity contribution in [1.82, 2.24) is 0 Å². The highest BCUT2D eigenvalue weighted by molar-refractivity contribution is 5.73. The summed E-state index contributed by atoms with van der Waals surface area (Å²) in [6.07, 6.45) is 0.00813. The topological polar surface area (TPSA) is 75.3 Å². The Morgan fingerprint density at radius 1 is 1.62 bits per heavy atom. The van der Waals surface area contributed by atoms with Crippen LogP contribution in [0.4, 0.5) is 11.4 Å². The highest BCUT2D eigenvalue weighted by Crippen LogP contribution is 2.19. The molecule has 4 N–H and O–H groups in total. The molecule has 0 heterocycles. The molecule has 0 atom stereocenters. The number of carboxylic acids is 1. The second-order valence-corrected chi connectivity index (χ2v) is 2.74. The summed E-state index contributed by atoms with van der Waals surface area (Å²) in [5.74, 6) is -0.850. The number of rotatable bonds is 3. The molecule has 0 aliphatic carbocycles. The maximum Gasteiger partial charge on any atom is 0.307 e. The van der Waals surface area contributed by atoms with Crippen LogP contribution >= 0.6 is 0 Å². The van der Waals surface area contributed by atoms with Crippen molar-refractivity contribution in [3.63, 3.8) is 0 Å². The van der Waals surface area contributed by atoms with Gasteiger partial charge in [0.2, 0.25) is 0 Å². The zero-order valence-corrected chi connectivity index (χ0v) is 7.37. The lowest BCUT2D eigenvalue weighted by Crippen LogP contribution is -2.02. The van der Waals surface area contributed by atoms with Gasteiger partial charge in [0, 0.05) is 7.05 Å². The van der Waals surface area contributed by atoms with E-state index in [-0.39, 0.29) is 6.42 Å². The molecule has 1 aromatic carbocycles. The second kappa shape index (κ2) is 3.80. The van der Waals surface area contributed by atoms with Gasteiger partial charge in [-0.25, -0.2) is 0 Å². The minimum Gasteiger partial charge on any atom is -0.481 e. The van der Waals surface area contributed by atoms with E-state index in [9.17, 15) is 4.79 Å². The fourth-order valence-electron chi connectivity index (χ4n) is 1.12. The third-order valence-corrected chi connectivity index (χ3v) is 1.74. The number of nitrogen functional groups attached to an aromatic ring is 1. The predicted octanol–water partition coefficient (Wildman–Crippen LogP) is 0.938. The summed E-state index contributed by atoms with van der Waals surface area (Å²) in [6, 6.07) is 5.18. The highest BCUT2D eigenvalue weighted by atomic mass is 16.4. The third-order valence-electron chi connectivity index (χ3n) is 1.74. The maximum absolute atomic E-state index is 10.4. The van der Waals surface area contributed by atoms with Crippen LogP contribution in [0.2, 0.25) is 0 Å². The monoisotopic (exact) mass is 180 g/mol. The largest absolute Gasteiger partial charge is 0.481 e. The molecule has 1 aromatic rings. The van der Waals surface area contributed by atoms with Crippen LogP contribution in [0.5, 0.6) is 0 Å². The Labute approximate surface area is 76.4 Å². The van der Waals surface area contributed by atoms with E-state index in [1.54, 1.807) is 25.2 Å². The molecule has 0 amide bonds. The Balaban J connectivity index is 2.89. The van der Waals surface area contributed by atoms with Gasteiger partial charge in [0.15, 0.2) is 0 Å². The van der Waals surface area contributed by atoms with Gasteiger partial charge in [0.25, 0.3) is 0 Å². The first-order chi connectivity index (χ1) is 6.13. The average molecular weight is 180 g/mol. The van der Waals surface area contributed by atoms with Crippen LogP contribution in [0.3, 0.4) is 0 Å². The number of nitrogens with two attached hydrogens (primary N) is 1. The minimum atomic E-state index is -0.850. The van der Waals surface area contributed by atoms with Crippen LogP contribution in [-0.4, -0.2) is 18.1 Å². The quantitative estimate of drug-likeness (QED) is 0.605. The van der Waals surface area contributed by atoms with Crippen molar-refractivity contribution in [2.45, 2.75) is 6.42 Å². The molecule has 1 rings (SSSR count). The van der Waals surface area contributed by atoms with Crippen molar-refractivity contribution < 1.29 is 9.90 Å². The van der Waals surface area contributed by atoms with Crippen molar-refractivity contribution in [3.8, 4) is 0 Å². The summed E-state index contributed by atoms with van der Waals surface area (Å²) in [5.41, 5.74) is 7.75. The second-order valence-electron chi connectivity index (χ2n) is 2.74. The molecule has 4 heteroatoms. The minimum absolute atomic E-state index is 0.00813. The Morgan fingerprint density at radius 2 is 2.31 bits per heavy atom. The van der Waals surface area contributed by atoms with Gasteiger partial charge in [-0.3, -0.25) is 4.79 Å². The Bertz CT molecular complexity index is 323. The van der Waals surface area contributed by atoms with Crippen LogP contribution in [0.25, 0.3) is 0 Å². The molecule has 0 saturated carbocycles. The van der Waals surface area contributed by atoms with Crippen LogP contribution in [0.15, 0.2) is 18.2 Å². The van der Waals surface area contributed by atoms with E-state index in [4.69, 9.17) is 10.8 Å². The van der Waals surface area contributed by atoms with Crippen LogP contribution in [-0.2, 0) is 11.2 Å². The van der Waals surface area contributed by atoms with Crippen molar-refractivity contribution in [2.24, 2.45) is 0 Å². The molecular weight excluding hydrogens is 168 g/mol. The molecule has 0 spiro atoms. The molecule has 70 valence electrons. The van der Waals surface area contributed by atoms with Crippen molar-refractivity contribution in [2.75, 3.05) is 18.1 Å². The van der Waals surface area contributed by atoms with Gasteiger partial charge in [0.05, 0.1) is 17.8 Å². The SMILES string of the molecule is CNc1ccc(CC(=O)O)cc1N. The molecule has 13 heavy (non-hydrogen) atoms. The molecule has 0 unspecified atom stereocenters. The predicted molar refractivity (Wildman–Crippen MR) is 51.7 cm³/mol. The first-order valence-corrected chi connectivity index (χ1v) is 3.91. The van der Waals surface area contributed by atoms with Gasteiger partial charge in [-0.1, -0.05) is 6.07 Å². The lowest BCUT2D eigenvalue weighted by atomic mass is 10.1. The molecule has 0 aliphatic heterocycles. The fourth-order valence-corrected chi connectivity index (χ4v) is 1.12. The van der Waals surface area contributed by atoms with E-state index in [0.717, 1.165) is 5.69 Å². The molecule has 0 aromatic heterocycles. The van der Waals surface area contributed by atoms with E-state index >= 15 is 0 Å². The zero-order chi connectivity index (χ0) is 9.84. The highest BCUT2D eigenvalue weighted by Gasteiger charge is 2.02. The summed E-state index contributed by atoms with van der Waals surface area (Å²) in [7, 11) is 1.77. The van der Waals surface area contributed by atoms with Gasteiger partial charge >= 0.3 is 5.97 Å². The molecule has 4 nitrogen and oxygen atoms in total. The van der Waals surface area contributed by atoms with E-state index in [1.807, 2.05) is 0 Å². The molecule has 0 aliphatic rings. The smallest absolute Gasteiger partial charge is 0.307 e. The van der Waals surface area contributed by atoms with Crippen molar-refractivity contribution in [1.29, 1.82) is 0 Å².